The van der Waals surface area contributed by atoms with E-state index in [1.165, 1.54) is 24.2 Å². The predicted molar refractivity (Wildman–Crippen MR) is 90.7 cm³/mol. The SMILES string of the molecule is COCCCN1CC[C@@H](CNc2nc3c(s2)c(C)nn3C)C1. The summed E-state index contributed by atoms with van der Waals surface area (Å²) in [5, 5.41) is 8.93. The average Bonchev–Trinajstić information content (AvgIpc) is 3.16. The number of nitrogens with one attached hydrogen (secondary N) is 1. The van der Waals surface area contributed by atoms with Gasteiger partial charge < -0.3 is 15.0 Å². The molecule has 122 valence electrons. The predicted octanol–water partition coefficient (Wildman–Crippen LogP) is 2.11. The van der Waals surface area contributed by atoms with Gasteiger partial charge in [-0.1, -0.05) is 11.3 Å². The summed E-state index contributed by atoms with van der Waals surface area (Å²) < 4.78 is 8.17. The van der Waals surface area contributed by atoms with Crippen molar-refractivity contribution in [2.75, 3.05) is 45.2 Å². The molecular formula is C15H25N5OS. The number of aryl methyl sites for hydroxylation is 2. The molecule has 0 saturated carbocycles. The molecule has 7 heteroatoms. The van der Waals surface area contributed by atoms with Gasteiger partial charge in [0.2, 0.25) is 0 Å². The van der Waals surface area contributed by atoms with E-state index in [1.54, 1.807) is 18.4 Å². The van der Waals surface area contributed by atoms with Gasteiger partial charge in [-0.05, 0) is 32.2 Å². The molecule has 2 aromatic heterocycles. The fourth-order valence-corrected chi connectivity index (χ4v) is 4.05. The molecular weight excluding hydrogens is 298 g/mol. The highest BCUT2D eigenvalue weighted by atomic mass is 32.1. The zero-order valence-corrected chi connectivity index (χ0v) is 14.4. The van der Waals surface area contributed by atoms with E-state index >= 15 is 0 Å². The lowest BCUT2D eigenvalue weighted by Crippen LogP contribution is -2.24. The molecule has 3 rings (SSSR count). The molecule has 1 fully saturated rings. The maximum atomic E-state index is 5.12. The molecule has 1 atom stereocenters. The van der Waals surface area contributed by atoms with Gasteiger partial charge in [-0.25, -0.2) is 9.67 Å². The van der Waals surface area contributed by atoms with Crippen molar-refractivity contribution in [1.29, 1.82) is 0 Å². The van der Waals surface area contributed by atoms with E-state index in [0.717, 1.165) is 42.6 Å². The summed E-state index contributed by atoms with van der Waals surface area (Å²) in [4.78, 5) is 7.19. The molecule has 0 unspecified atom stereocenters. The van der Waals surface area contributed by atoms with Crippen molar-refractivity contribution in [3.05, 3.63) is 5.69 Å². The normalized spacial score (nSPS) is 19.3. The fraction of sp³-hybridized carbons (Fsp3) is 0.733. The first kappa shape index (κ1) is 15.7. The van der Waals surface area contributed by atoms with Gasteiger partial charge in [-0.2, -0.15) is 5.10 Å². The Balaban J connectivity index is 1.49. The van der Waals surface area contributed by atoms with Crippen LogP contribution in [0.2, 0.25) is 0 Å². The summed E-state index contributed by atoms with van der Waals surface area (Å²) in [6, 6.07) is 0. The maximum absolute atomic E-state index is 5.12. The Bertz CT molecular complexity index is 588. The number of hydrogen-bond donors (Lipinski definition) is 1. The second kappa shape index (κ2) is 6.93. The molecule has 0 aromatic carbocycles. The quantitative estimate of drug-likeness (QED) is 0.791. The summed E-state index contributed by atoms with van der Waals surface area (Å²) in [6.07, 6.45) is 2.40. The van der Waals surface area contributed by atoms with Crippen molar-refractivity contribution in [2.24, 2.45) is 13.0 Å². The van der Waals surface area contributed by atoms with Crippen LogP contribution in [-0.2, 0) is 11.8 Å². The molecule has 1 N–H and O–H groups in total. The summed E-state index contributed by atoms with van der Waals surface area (Å²) >= 11 is 1.71. The van der Waals surface area contributed by atoms with Gasteiger partial charge in [0.25, 0.3) is 0 Å². The Kier molecular flexibility index (Phi) is 4.95. The van der Waals surface area contributed by atoms with Crippen molar-refractivity contribution in [1.82, 2.24) is 19.7 Å². The molecule has 0 aliphatic carbocycles. The molecule has 2 aromatic rings. The second-order valence-electron chi connectivity index (χ2n) is 6.06. The highest BCUT2D eigenvalue weighted by Gasteiger charge is 2.22. The summed E-state index contributed by atoms with van der Waals surface area (Å²) in [5.41, 5.74) is 2.05. The van der Waals surface area contributed by atoms with Crippen LogP contribution in [0.4, 0.5) is 5.13 Å². The molecule has 0 bridgehead atoms. The first-order valence-electron chi connectivity index (χ1n) is 7.92. The topological polar surface area (TPSA) is 55.2 Å². The number of nitrogens with zero attached hydrogens (tertiary/aromatic N) is 4. The number of rotatable bonds is 7. The molecule has 0 amide bonds. The highest BCUT2D eigenvalue weighted by Crippen LogP contribution is 2.28. The van der Waals surface area contributed by atoms with Crippen molar-refractivity contribution in [3.63, 3.8) is 0 Å². The number of hydrogen-bond acceptors (Lipinski definition) is 6. The molecule has 1 saturated heterocycles. The first-order valence-corrected chi connectivity index (χ1v) is 8.74. The number of methoxy groups -OCH3 is 1. The molecule has 22 heavy (non-hydrogen) atoms. The van der Waals surface area contributed by atoms with Crippen LogP contribution < -0.4 is 5.32 Å². The van der Waals surface area contributed by atoms with Gasteiger partial charge in [-0.3, -0.25) is 0 Å². The minimum absolute atomic E-state index is 0.716. The zero-order chi connectivity index (χ0) is 15.5. The van der Waals surface area contributed by atoms with Gasteiger partial charge in [0.1, 0.15) is 0 Å². The van der Waals surface area contributed by atoms with Crippen LogP contribution in [0.15, 0.2) is 0 Å². The molecule has 0 spiro atoms. The summed E-state index contributed by atoms with van der Waals surface area (Å²) in [5.74, 6) is 0.716. The van der Waals surface area contributed by atoms with Gasteiger partial charge in [0, 0.05) is 40.4 Å². The lowest BCUT2D eigenvalue weighted by Gasteiger charge is -2.15. The van der Waals surface area contributed by atoms with Crippen molar-refractivity contribution >= 4 is 26.8 Å². The Morgan fingerprint density at radius 3 is 3.09 bits per heavy atom. The number of anilines is 1. The van der Waals surface area contributed by atoms with E-state index < -0.39 is 0 Å². The second-order valence-corrected chi connectivity index (χ2v) is 7.06. The summed E-state index contributed by atoms with van der Waals surface area (Å²) in [6.45, 7) is 7.45. The van der Waals surface area contributed by atoms with E-state index in [1.807, 2.05) is 18.7 Å². The van der Waals surface area contributed by atoms with Crippen molar-refractivity contribution in [2.45, 2.75) is 19.8 Å². The van der Waals surface area contributed by atoms with E-state index in [0.29, 0.717) is 5.92 Å². The lowest BCUT2D eigenvalue weighted by atomic mass is 10.1. The molecule has 1 aliphatic rings. The van der Waals surface area contributed by atoms with Gasteiger partial charge in [0.15, 0.2) is 10.8 Å². The maximum Gasteiger partial charge on any atom is 0.185 e. The average molecular weight is 323 g/mol. The zero-order valence-electron chi connectivity index (χ0n) is 13.6. The van der Waals surface area contributed by atoms with Crippen LogP contribution in [0.3, 0.4) is 0 Å². The monoisotopic (exact) mass is 323 g/mol. The number of ether oxygens (including phenoxy) is 1. The van der Waals surface area contributed by atoms with Gasteiger partial charge >= 0.3 is 0 Å². The van der Waals surface area contributed by atoms with E-state index in [-0.39, 0.29) is 0 Å². The van der Waals surface area contributed by atoms with Crippen LogP contribution in [0.5, 0.6) is 0 Å². The Morgan fingerprint density at radius 2 is 2.32 bits per heavy atom. The Labute approximate surface area is 135 Å². The van der Waals surface area contributed by atoms with E-state index in [4.69, 9.17) is 4.74 Å². The van der Waals surface area contributed by atoms with Crippen molar-refractivity contribution < 1.29 is 4.74 Å². The third-order valence-corrected chi connectivity index (χ3v) is 5.39. The Morgan fingerprint density at radius 1 is 1.45 bits per heavy atom. The third kappa shape index (κ3) is 3.42. The minimum Gasteiger partial charge on any atom is -0.385 e. The number of thiazole rings is 1. The minimum atomic E-state index is 0.716. The van der Waals surface area contributed by atoms with Crippen LogP contribution in [0.25, 0.3) is 10.3 Å². The third-order valence-electron chi connectivity index (χ3n) is 4.28. The molecule has 3 heterocycles. The summed E-state index contributed by atoms with van der Waals surface area (Å²) in [7, 11) is 3.72. The number of likely N-dealkylation sites (tertiary alicyclic amines) is 1. The van der Waals surface area contributed by atoms with Crippen LogP contribution in [0.1, 0.15) is 18.5 Å². The van der Waals surface area contributed by atoms with Crippen LogP contribution in [0, 0.1) is 12.8 Å². The molecule has 1 aliphatic heterocycles. The van der Waals surface area contributed by atoms with Crippen LogP contribution in [-0.4, -0.2) is 59.6 Å². The first-order chi connectivity index (χ1) is 10.7. The molecule has 0 radical (unpaired) electrons. The van der Waals surface area contributed by atoms with Crippen LogP contribution >= 0.6 is 11.3 Å². The van der Waals surface area contributed by atoms with Crippen molar-refractivity contribution in [3.8, 4) is 0 Å². The van der Waals surface area contributed by atoms with Gasteiger partial charge in [-0.15, -0.1) is 0 Å². The lowest BCUT2D eigenvalue weighted by molar-refractivity contribution is 0.178. The smallest absolute Gasteiger partial charge is 0.185 e. The van der Waals surface area contributed by atoms with E-state index in [9.17, 15) is 0 Å². The Hall–Kier alpha value is -1.18. The number of fused-ring (bicyclic) bond motifs is 1. The fourth-order valence-electron chi connectivity index (χ4n) is 3.11. The number of aromatic nitrogens is 3. The van der Waals surface area contributed by atoms with Gasteiger partial charge in [0.05, 0.1) is 10.4 Å². The largest absolute Gasteiger partial charge is 0.385 e. The molecule has 6 nitrogen and oxygen atoms in total. The highest BCUT2D eigenvalue weighted by molar-refractivity contribution is 7.22. The standard InChI is InChI=1S/C15H25N5OS/c1-11-13-14(19(2)18-11)17-15(22-13)16-9-12-5-7-20(10-12)6-4-8-21-3/h12H,4-10H2,1-3H3,(H,16,17)/t12-/m0/s1. The van der Waals surface area contributed by atoms with E-state index in [2.05, 4.69) is 20.3 Å².